The number of Topliss-reactive ketones (excluding diaryl/α,β-unsaturated/α-hetero) is 1. The van der Waals surface area contributed by atoms with E-state index in [2.05, 4.69) is 35.1 Å². The Morgan fingerprint density at radius 1 is 1.19 bits per heavy atom. The number of ketones is 1. The molecule has 0 radical (unpaired) electrons. The first-order valence-corrected chi connectivity index (χ1v) is 11.3. The number of rotatable bonds is 5. The Morgan fingerprint density at radius 3 is 2.59 bits per heavy atom. The Bertz CT molecular complexity index is 1120. The maximum absolute atomic E-state index is 13.2. The predicted octanol–water partition coefficient (Wildman–Crippen LogP) is 5.40. The van der Waals surface area contributed by atoms with Crippen LogP contribution >= 0.6 is 15.9 Å². The summed E-state index contributed by atoms with van der Waals surface area (Å²) < 4.78 is 17.9. The summed E-state index contributed by atoms with van der Waals surface area (Å²) in [7, 11) is 1.34. The van der Waals surface area contributed by atoms with E-state index in [1.54, 1.807) is 0 Å². The number of halogens is 1. The summed E-state index contributed by atoms with van der Waals surface area (Å²) in [6.07, 6.45) is 1.13. The SMILES string of the molecule is COC(=O)C1=C(C)NC2=C(C(=O)CC(C)(C)C2)[C@H]1c1ccc(COc2ccc(Br)cc2)o1. The van der Waals surface area contributed by atoms with Crippen LogP contribution in [0.3, 0.4) is 0 Å². The number of nitrogens with one attached hydrogen (secondary N) is 1. The van der Waals surface area contributed by atoms with Crippen LogP contribution < -0.4 is 10.1 Å². The molecule has 0 amide bonds. The lowest BCUT2D eigenvalue weighted by atomic mass is 9.69. The van der Waals surface area contributed by atoms with Gasteiger partial charge in [0.2, 0.25) is 0 Å². The monoisotopic (exact) mass is 499 g/mol. The number of ether oxygens (including phenoxy) is 2. The molecule has 32 heavy (non-hydrogen) atoms. The van der Waals surface area contributed by atoms with Crippen molar-refractivity contribution in [1.29, 1.82) is 0 Å². The molecule has 0 fully saturated rings. The van der Waals surface area contributed by atoms with E-state index >= 15 is 0 Å². The zero-order valence-corrected chi connectivity index (χ0v) is 20.2. The van der Waals surface area contributed by atoms with Gasteiger partial charge in [0.25, 0.3) is 0 Å². The first kappa shape index (κ1) is 22.4. The predicted molar refractivity (Wildman–Crippen MR) is 123 cm³/mol. The highest BCUT2D eigenvalue weighted by Crippen LogP contribution is 2.47. The Morgan fingerprint density at radius 2 is 1.91 bits per heavy atom. The van der Waals surface area contributed by atoms with Gasteiger partial charge >= 0.3 is 5.97 Å². The molecular weight excluding hydrogens is 474 g/mol. The Balaban J connectivity index is 1.67. The average molecular weight is 500 g/mol. The minimum Gasteiger partial charge on any atom is -0.486 e. The molecule has 1 N–H and O–H groups in total. The zero-order chi connectivity index (χ0) is 23.0. The molecular formula is C25H26BrNO5. The van der Waals surface area contributed by atoms with Crippen LogP contribution in [0.4, 0.5) is 0 Å². The van der Waals surface area contributed by atoms with Crippen molar-refractivity contribution in [2.45, 2.75) is 46.1 Å². The zero-order valence-electron chi connectivity index (χ0n) is 18.6. The lowest BCUT2D eigenvalue weighted by molar-refractivity contribution is -0.136. The van der Waals surface area contributed by atoms with E-state index < -0.39 is 11.9 Å². The van der Waals surface area contributed by atoms with Gasteiger partial charge in [-0.25, -0.2) is 4.79 Å². The van der Waals surface area contributed by atoms with Crippen LogP contribution in [-0.4, -0.2) is 18.9 Å². The fraction of sp³-hybridized carbons (Fsp3) is 0.360. The second-order valence-corrected chi connectivity index (χ2v) is 9.88. The molecule has 1 aliphatic carbocycles. The quantitative estimate of drug-likeness (QED) is 0.555. The van der Waals surface area contributed by atoms with Crippen molar-refractivity contribution >= 4 is 27.7 Å². The molecule has 0 bridgehead atoms. The van der Waals surface area contributed by atoms with Crippen LogP contribution in [-0.2, 0) is 20.9 Å². The van der Waals surface area contributed by atoms with Gasteiger partial charge in [-0.1, -0.05) is 29.8 Å². The molecule has 7 heteroatoms. The molecule has 2 aromatic rings. The number of carbonyl (C=O) groups is 2. The molecule has 6 nitrogen and oxygen atoms in total. The third-order valence-corrected chi connectivity index (χ3v) is 6.34. The van der Waals surface area contributed by atoms with Gasteiger partial charge in [-0.15, -0.1) is 0 Å². The highest BCUT2D eigenvalue weighted by atomic mass is 79.9. The molecule has 4 rings (SSSR count). The largest absolute Gasteiger partial charge is 0.486 e. The molecule has 0 saturated carbocycles. The van der Waals surface area contributed by atoms with Gasteiger partial charge in [0.15, 0.2) is 5.78 Å². The van der Waals surface area contributed by atoms with Crippen LogP contribution in [0, 0.1) is 5.41 Å². The van der Waals surface area contributed by atoms with Crippen molar-refractivity contribution in [3.05, 3.63) is 74.9 Å². The van der Waals surface area contributed by atoms with Gasteiger partial charge in [0.05, 0.1) is 18.6 Å². The molecule has 0 saturated heterocycles. The summed E-state index contributed by atoms with van der Waals surface area (Å²) in [5.74, 6) is 0.785. The van der Waals surface area contributed by atoms with Crippen LogP contribution in [0.2, 0.25) is 0 Å². The van der Waals surface area contributed by atoms with Gasteiger partial charge in [-0.05, 0) is 55.2 Å². The standard InChI is InChI=1S/C25H26BrNO5/c1-14-21(24(29)30-4)23(22-18(27-14)11-25(2,3)12-19(22)28)20-10-9-17(32-20)13-31-16-7-5-15(26)6-8-16/h5-10,23,27H,11-13H2,1-4H3/t23-/m0/s1. The second-order valence-electron chi connectivity index (χ2n) is 8.97. The Kier molecular flexibility index (Phi) is 6.03. The van der Waals surface area contributed by atoms with Gasteiger partial charge in [0.1, 0.15) is 23.9 Å². The molecule has 2 aliphatic rings. The fourth-order valence-electron chi connectivity index (χ4n) is 4.41. The van der Waals surface area contributed by atoms with Crippen LogP contribution in [0.15, 0.2) is 67.8 Å². The fourth-order valence-corrected chi connectivity index (χ4v) is 4.68. The van der Waals surface area contributed by atoms with E-state index in [9.17, 15) is 9.59 Å². The van der Waals surface area contributed by atoms with Crippen molar-refractivity contribution in [2.75, 3.05) is 7.11 Å². The van der Waals surface area contributed by atoms with Gasteiger partial charge < -0.3 is 19.2 Å². The number of allylic oxidation sites excluding steroid dienone is 3. The van der Waals surface area contributed by atoms with Crippen molar-refractivity contribution in [3.8, 4) is 5.75 Å². The number of carbonyl (C=O) groups excluding carboxylic acids is 2. The number of hydrogen-bond donors (Lipinski definition) is 1. The third-order valence-electron chi connectivity index (χ3n) is 5.81. The normalized spacial score (nSPS) is 20.0. The summed E-state index contributed by atoms with van der Waals surface area (Å²) in [6.45, 7) is 6.21. The van der Waals surface area contributed by atoms with E-state index in [4.69, 9.17) is 13.9 Å². The average Bonchev–Trinajstić information content (AvgIpc) is 3.19. The van der Waals surface area contributed by atoms with E-state index in [1.165, 1.54) is 7.11 Å². The van der Waals surface area contributed by atoms with E-state index in [-0.39, 0.29) is 17.8 Å². The van der Waals surface area contributed by atoms with E-state index in [0.717, 1.165) is 16.6 Å². The van der Waals surface area contributed by atoms with Gasteiger partial charge in [-0.2, -0.15) is 0 Å². The maximum atomic E-state index is 13.2. The number of hydrogen-bond acceptors (Lipinski definition) is 6. The topological polar surface area (TPSA) is 77.8 Å². The number of methoxy groups -OCH3 is 1. The number of benzene rings is 1. The van der Waals surface area contributed by atoms with Gasteiger partial charge in [0, 0.05) is 27.9 Å². The third kappa shape index (κ3) is 4.39. The molecule has 1 aromatic carbocycles. The minimum absolute atomic E-state index is 0.0201. The summed E-state index contributed by atoms with van der Waals surface area (Å²) in [5.41, 5.74) is 2.36. The Labute approximate surface area is 195 Å². The summed E-state index contributed by atoms with van der Waals surface area (Å²) in [6, 6.07) is 11.2. The number of esters is 1. The number of dihydropyridines is 1. The second kappa shape index (κ2) is 8.62. The lowest BCUT2D eigenvalue weighted by Gasteiger charge is -2.38. The lowest BCUT2D eigenvalue weighted by Crippen LogP contribution is -2.38. The molecule has 0 unspecified atom stereocenters. The minimum atomic E-state index is -0.608. The first-order chi connectivity index (χ1) is 15.2. The van der Waals surface area contributed by atoms with Crippen LogP contribution in [0.1, 0.15) is 51.1 Å². The van der Waals surface area contributed by atoms with Crippen LogP contribution in [0.5, 0.6) is 5.75 Å². The van der Waals surface area contributed by atoms with Crippen molar-refractivity contribution < 1.29 is 23.5 Å². The molecule has 2 heterocycles. The van der Waals surface area contributed by atoms with E-state index in [1.807, 2.05) is 43.3 Å². The number of furan rings is 1. The van der Waals surface area contributed by atoms with Crippen molar-refractivity contribution in [1.82, 2.24) is 5.32 Å². The Hall–Kier alpha value is -2.80. The molecule has 1 aliphatic heterocycles. The highest BCUT2D eigenvalue weighted by Gasteiger charge is 2.44. The van der Waals surface area contributed by atoms with Crippen molar-refractivity contribution in [2.24, 2.45) is 5.41 Å². The van der Waals surface area contributed by atoms with Crippen molar-refractivity contribution in [3.63, 3.8) is 0 Å². The summed E-state index contributed by atoms with van der Waals surface area (Å²) >= 11 is 3.40. The van der Waals surface area contributed by atoms with Gasteiger partial charge in [-0.3, -0.25) is 4.79 Å². The summed E-state index contributed by atoms with van der Waals surface area (Å²) in [5, 5.41) is 3.29. The summed E-state index contributed by atoms with van der Waals surface area (Å²) in [4.78, 5) is 25.9. The highest BCUT2D eigenvalue weighted by molar-refractivity contribution is 9.10. The van der Waals surface area contributed by atoms with Crippen LogP contribution in [0.25, 0.3) is 0 Å². The van der Waals surface area contributed by atoms with E-state index in [0.29, 0.717) is 40.5 Å². The molecule has 1 aromatic heterocycles. The molecule has 168 valence electrons. The first-order valence-electron chi connectivity index (χ1n) is 10.5. The smallest absolute Gasteiger partial charge is 0.336 e. The molecule has 1 atom stereocenters. The molecule has 0 spiro atoms. The maximum Gasteiger partial charge on any atom is 0.336 e.